The summed E-state index contributed by atoms with van der Waals surface area (Å²) < 4.78 is 38.0. The fourth-order valence-corrected chi connectivity index (χ4v) is 1.55. The number of rotatable bonds is 4. The maximum atomic E-state index is 12.7. The Balaban J connectivity index is 3.09. The molecule has 0 aliphatic carbocycles. The molecule has 1 N–H and O–H groups in total. The predicted octanol–water partition coefficient (Wildman–Crippen LogP) is 3.73. The van der Waals surface area contributed by atoms with Gasteiger partial charge in [0, 0.05) is 12.2 Å². The molecule has 2 nitrogen and oxygen atoms in total. The van der Waals surface area contributed by atoms with Gasteiger partial charge in [-0.2, -0.15) is 13.2 Å². The fraction of sp³-hybridized carbons (Fsp3) is 0.583. The molecule has 0 radical (unpaired) electrons. The van der Waals surface area contributed by atoms with Crippen molar-refractivity contribution in [1.82, 2.24) is 4.98 Å². The summed E-state index contributed by atoms with van der Waals surface area (Å²) in [6, 6.07) is 2.17. The van der Waals surface area contributed by atoms with E-state index in [0.717, 1.165) is 12.1 Å². The molecule has 1 heterocycles. The van der Waals surface area contributed by atoms with Gasteiger partial charge in [0.1, 0.15) is 5.82 Å². The first-order valence-corrected chi connectivity index (χ1v) is 5.65. The molecule has 1 aromatic heterocycles. The van der Waals surface area contributed by atoms with Gasteiger partial charge in [0.05, 0.1) is 5.56 Å². The topological polar surface area (TPSA) is 24.9 Å². The molecule has 0 aliphatic rings. The molecule has 0 spiro atoms. The molecule has 1 aromatic rings. The van der Waals surface area contributed by atoms with Gasteiger partial charge in [-0.1, -0.05) is 13.8 Å². The minimum atomic E-state index is -4.32. The van der Waals surface area contributed by atoms with E-state index < -0.39 is 11.7 Å². The molecule has 5 heteroatoms. The Morgan fingerprint density at radius 2 is 1.94 bits per heavy atom. The number of halogens is 3. The van der Waals surface area contributed by atoms with E-state index in [9.17, 15) is 13.2 Å². The van der Waals surface area contributed by atoms with E-state index in [1.165, 1.54) is 0 Å². The Morgan fingerprint density at radius 1 is 1.29 bits per heavy atom. The van der Waals surface area contributed by atoms with Crippen LogP contribution in [0.4, 0.5) is 19.0 Å². The van der Waals surface area contributed by atoms with Crippen LogP contribution in [0.5, 0.6) is 0 Å². The summed E-state index contributed by atoms with van der Waals surface area (Å²) in [4.78, 5) is 4.17. The highest BCUT2D eigenvalue weighted by molar-refractivity contribution is 5.40. The number of pyridine rings is 1. The normalized spacial score (nSPS) is 11.9. The van der Waals surface area contributed by atoms with Gasteiger partial charge in [-0.3, -0.25) is 0 Å². The molecule has 0 bridgehead atoms. The monoisotopic (exact) mass is 246 g/mol. The number of hydrogen-bond donors (Lipinski definition) is 1. The average molecular weight is 246 g/mol. The predicted molar refractivity (Wildman–Crippen MR) is 61.9 cm³/mol. The summed E-state index contributed by atoms with van der Waals surface area (Å²) >= 11 is 0. The molecule has 0 saturated heterocycles. The van der Waals surface area contributed by atoms with Crippen molar-refractivity contribution in [2.24, 2.45) is 5.92 Å². The standard InChI is InChI=1S/C12H17F3N2/c1-4-16-11-7-9(12(13,14)15)6-10(17-11)5-8(2)3/h6-8H,4-5H2,1-3H3,(H,16,17). The Hall–Kier alpha value is -1.26. The summed E-state index contributed by atoms with van der Waals surface area (Å²) in [5.74, 6) is 0.568. The maximum Gasteiger partial charge on any atom is 0.416 e. The summed E-state index contributed by atoms with van der Waals surface area (Å²) in [5.41, 5.74) is -0.162. The largest absolute Gasteiger partial charge is 0.416 e. The Bertz CT molecular complexity index is 373. The Morgan fingerprint density at radius 3 is 2.41 bits per heavy atom. The SMILES string of the molecule is CCNc1cc(C(F)(F)F)cc(CC(C)C)n1. The van der Waals surface area contributed by atoms with Crippen molar-refractivity contribution in [1.29, 1.82) is 0 Å². The van der Waals surface area contributed by atoms with E-state index >= 15 is 0 Å². The summed E-state index contributed by atoms with van der Waals surface area (Å²) in [6.45, 7) is 6.28. The second kappa shape index (κ2) is 5.38. The molecule has 0 amide bonds. The Labute approximate surface area is 99.3 Å². The van der Waals surface area contributed by atoms with Crippen LogP contribution >= 0.6 is 0 Å². The van der Waals surface area contributed by atoms with Crippen molar-refractivity contribution in [2.45, 2.75) is 33.4 Å². The molecule has 96 valence electrons. The number of nitrogens with one attached hydrogen (secondary N) is 1. The second-order valence-corrected chi connectivity index (χ2v) is 4.36. The van der Waals surface area contributed by atoms with Crippen molar-refractivity contribution < 1.29 is 13.2 Å². The van der Waals surface area contributed by atoms with Crippen molar-refractivity contribution in [2.75, 3.05) is 11.9 Å². The average Bonchev–Trinajstić information content (AvgIpc) is 2.15. The summed E-state index contributed by atoms with van der Waals surface area (Å²) in [6.07, 6.45) is -3.78. The molecule has 0 aromatic carbocycles. The van der Waals surface area contributed by atoms with Crippen molar-refractivity contribution in [3.63, 3.8) is 0 Å². The number of nitrogens with zero attached hydrogens (tertiary/aromatic N) is 1. The number of aromatic nitrogens is 1. The molecular weight excluding hydrogens is 229 g/mol. The van der Waals surface area contributed by atoms with Gasteiger partial charge >= 0.3 is 6.18 Å². The van der Waals surface area contributed by atoms with E-state index in [-0.39, 0.29) is 11.7 Å². The third kappa shape index (κ3) is 4.24. The lowest BCUT2D eigenvalue weighted by molar-refractivity contribution is -0.137. The molecule has 0 fully saturated rings. The van der Waals surface area contributed by atoms with Crippen LogP contribution in [-0.4, -0.2) is 11.5 Å². The van der Waals surface area contributed by atoms with E-state index in [1.807, 2.05) is 20.8 Å². The zero-order valence-corrected chi connectivity index (χ0v) is 10.2. The number of hydrogen-bond acceptors (Lipinski definition) is 2. The van der Waals surface area contributed by atoms with Crippen LogP contribution in [0.15, 0.2) is 12.1 Å². The highest BCUT2D eigenvalue weighted by Crippen LogP contribution is 2.31. The van der Waals surface area contributed by atoms with Crippen LogP contribution in [0.25, 0.3) is 0 Å². The van der Waals surface area contributed by atoms with E-state index in [2.05, 4.69) is 10.3 Å². The lowest BCUT2D eigenvalue weighted by Crippen LogP contribution is -2.10. The molecular formula is C12H17F3N2. The molecule has 0 saturated carbocycles. The van der Waals surface area contributed by atoms with Crippen LogP contribution in [0.1, 0.15) is 32.0 Å². The van der Waals surface area contributed by atoms with Crippen LogP contribution in [0.3, 0.4) is 0 Å². The molecule has 1 rings (SSSR count). The minimum Gasteiger partial charge on any atom is -0.370 e. The van der Waals surface area contributed by atoms with Crippen molar-refractivity contribution in [3.8, 4) is 0 Å². The first-order chi connectivity index (χ1) is 7.82. The first-order valence-electron chi connectivity index (χ1n) is 5.65. The van der Waals surface area contributed by atoms with Crippen LogP contribution in [-0.2, 0) is 12.6 Å². The first kappa shape index (κ1) is 13.8. The quantitative estimate of drug-likeness (QED) is 0.875. The highest BCUT2D eigenvalue weighted by Gasteiger charge is 2.31. The number of alkyl halides is 3. The zero-order chi connectivity index (χ0) is 13.1. The van der Waals surface area contributed by atoms with Gasteiger partial charge in [-0.05, 0) is 31.4 Å². The van der Waals surface area contributed by atoms with Gasteiger partial charge < -0.3 is 5.32 Å². The number of anilines is 1. The van der Waals surface area contributed by atoms with Gasteiger partial charge in [0.15, 0.2) is 0 Å². The maximum absolute atomic E-state index is 12.7. The highest BCUT2D eigenvalue weighted by atomic mass is 19.4. The lowest BCUT2D eigenvalue weighted by atomic mass is 10.1. The third-order valence-electron chi connectivity index (χ3n) is 2.18. The van der Waals surface area contributed by atoms with Crippen molar-refractivity contribution in [3.05, 3.63) is 23.4 Å². The Kier molecular flexibility index (Phi) is 4.37. The zero-order valence-electron chi connectivity index (χ0n) is 10.2. The van der Waals surface area contributed by atoms with Gasteiger partial charge in [0.2, 0.25) is 0 Å². The van der Waals surface area contributed by atoms with E-state index in [1.54, 1.807) is 0 Å². The van der Waals surface area contributed by atoms with Crippen LogP contribution < -0.4 is 5.32 Å². The van der Waals surface area contributed by atoms with Crippen LogP contribution in [0, 0.1) is 5.92 Å². The van der Waals surface area contributed by atoms with E-state index in [0.29, 0.717) is 18.7 Å². The third-order valence-corrected chi connectivity index (χ3v) is 2.18. The molecule has 0 aliphatic heterocycles. The van der Waals surface area contributed by atoms with Gasteiger partial charge in [-0.25, -0.2) is 4.98 Å². The van der Waals surface area contributed by atoms with Crippen LogP contribution in [0.2, 0.25) is 0 Å². The fourth-order valence-electron chi connectivity index (χ4n) is 1.55. The second-order valence-electron chi connectivity index (χ2n) is 4.36. The smallest absolute Gasteiger partial charge is 0.370 e. The molecule has 17 heavy (non-hydrogen) atoms. The van der Waals surface area contributed by atoms with Crippen molar-refractivity contribution >= 4 is 5.82 Å². The van der Waals surface area contributed by atoms with Gasteiger partial charge in [-0.15, -0.1) is 0 Å². The van der Waals surface area contributed by atoms with E-state index in [4.69, 9.17) is 0 Å². The lowest BCUT2D eigenvalue weighted by Gasteiger charge is -2.13. The minimum absolute atomic E-state index is 0.278. The molecule has 0 unspecified atom stereocenters. The summed E-state index contributed by atoms with van der Waals surface area (Å²) in [7, 11) is 0. The van der Waals surface area contributed by atoms with Gasteiger partial charge in [0.25, 0.3) is 0 Å². The summed E-state index contributed by atoms with van der Waals surface area (Å²) in [5, 5.41) is 2.82. The molecule has 0 atom stereocenters.